The lowest BCUT2D eigenvalue weighted by Gasteiger charge is -2.35. The van der Waals surface area contributed by atoms with Crippen LogP contribution in [0, 0.1) is 11.3 Å². The number of rotatable bonds is 6. The molecule has 0 spiro atoms. The minimum Gasteiger partial charge on any atom is -0.355 e. The molecule has 1 heterocycles. The Morgan fingerprint density at radius 1 is 1.14 bits per heavy atom. The topological polar surface area (TPSA) is 58.4 Å². The number of hydrogen-bond donors (Lipinski definition) is 2. The van der Waals surface area contributed by atoms with Gasteiger partial charge in [0.15, 0.2) is 0 Å². The van der Waals surface area contributed by atoms with Crippen molar-refractivity contribution in [2.45, 2.75) is 58.3 Å². The summed E-state index contributed by atoms with van der Waals surface area (Å²) in [7, 11) is 0. The molecule has 1 atom stereocenters. The number of piperidine rings is 1. The largest absolute Gasteiger partial charge is 0.355 e. The average molecular weight is 295 g/mol. The second-order valence-corrected chi connectivity index (χ2v) is 7.22. The molecule has 0 aromatic carbocycles. The normalized spacial score (nSPS) is 24.5. The van der Waals surface area contributed by atoms with Crippen molar-refractivity contribution in [1.29, 1.82) is 0 Å². The SMILES string of the molecule is CC(CNC(=O)C1(CN)CCCCC1)CN1CCCCC1. The highest BCUT2D eigenvalue weighted by Gasteiger charge is 2.37. The van der Waals surface area contributed by atoms with E-state index < -0.39 is 0 Å². The highest BCUT2D eigenvalue weighted by Crippen LogP contribution is 2.35. The Labute approximate surface area is 129 Å². The van der Waals surface area contributed by atoms with Gasteiger partial charge in [0.2, 0.25) is 5.91 Å². The molecule has 2 rings (SSSR count). The lowest BCUT2D eigenvalue weighted by atomic mass is 9.73. The number of nitrogens with zero attached hydrogens (tertiary/aromatic N) is 1. The number of nitrogens with one attached hydrogen (secondary N) is 1. The lowest BCUT2D eigenvalue weighted by molar-refractivity contribution is -0.132. The Balaban J connectivity index is 1.74. The first-order valence-electron chi connectivity index (χ1n) is 8.87. The number of likely N-dealkylation sites (tertiary alicyclic amines) is 1. The molecular formula is C17H33N3O. The molecule has 0 radical (unpaired) electrons. The van der Waals surface area contributed by atoms with Gasteiger partial charge in [0.1, 0.15) is 0 Å². The molecule has 1 saturated carbocycles. The summed E-state index contributed by atoms with van der Waals surface area (Å²) in [4.78, 5) is 15.1. The van der Waals surface area contributed by atoms with Gasteiger partial charge >= 0.3 is 0 Å². The molecule has 3 N–H and O–H groups in total. The zero-order chi connectivity index (χ0) is 15.1. The van der Waals surface area contributed by atoms with Crippen molar-refractivity contribution in [3.05, 3.63) is 0 Å². The maximum atomic E-state index is 12.5. The molecule has 0 aromatic heterocycles. The molecule has 4 heteroatoms. The van der Waals surface area contributed by atoms with Crippen LogP contribution >= 0.6 is 0 Å². The molecule has 1 amide bonds. The van der Waals surface area contributed by atoms with Gasteiger partial charge in [0.05, 0.1) is 5.41 Å². The standard InChI is InChI=1S/C17H33N3O/c1-15(13-20-10-6-3-7-11-20)12-19-16(21)17(14-18)8-4-2-5-9-17/h15H,2-14,18H2,1H3,(H,19,21). The van der Waals surface area contributed by atoms with Crippen LogP contribution in [0.4, 0.5) is 0 Å². The molecule has 21 heavy (non-hydrogen) atoms. The van der Waals surface area contributed by atoms with Crippen LogP contribution in [0.3, 0.4) is 0 Å². The maximum absolute atomic E-state index is 12.5. The van der Waals surface area contributed by atoms with Gasteiger partial charge < -0.3 is 16.0 Å². The first-order valence-corrected chi connectivity index (χ1v) is 8.87. The minimum atomic E-state index is -0.275. The van der Waals surface area contributed by atoms with Crippen molar-refractivity contribution in [1.82, 2.24) is 10.2 Å². The van der Waals surface area contributed by atoms with Crippen LogP contribution in [-0.4, -0.2) is 43.5 Å². The molecule has 2 fully saturated rings. The molecular weight excluding hydrogens is 262 g/mol. The summed E-state index contributed by atoms with van der Waals surface area (Å²) < 4.78 is 0. The Kier molecular flexibility index (Phi) is 6.49. The van der Waals surface area contributed by atoms with Crippen molar-refractivity contribution in [3.63, 3.8) is 0 Å². The van der Waals surface area contributed by atoms with Crippen LogP contribution in [-0.2, 0) is 4.79 Å². The number of carbonyl (C=O) groups excluding carboxylic acids is 1. The van der Waals surface area contributed by atoms with Gasteiger partial charge in [-0.3, -0.25) is 4.79 Å². The van der Waals surface area contributed by atoms with Gasteiger partial charge in [-0.2, -0.15) is 0 Å². The van der Waals surface area contributed by atoms with Gasteiger partial charge in [-0.1, -0.05) is 32.6 Å². The van der Waals surface area contributed by atoms with E-state index in [9.17, 15) is 4.79 Å². The van der Waals surface area contributed by atoms with Gasteiger partial charge in [-0.15, -0.1) is 0 Å². The Morgan fingerprint density at radius 2 is 1.76 bits per heavy atom. The van der Waals surface area contributed by atoms with E-state index >= 15 is 0 Å². The Morgan fingerprint density at radius 3 is 2.38 bits per heavy atom. The predicted octanol–water partition coefficient (Wildman–Crippen LogP) is 2.13. The molecule has 1 unspecified atom stereocenters. The first-order chi connectivity index (χ1) is 10.2. The summed E-state index contributed by atoms with van der Waals surface area (Å²) in [6.45, 7) is 7.09. The summed E-state index contributed by atoms with van der Waals surface area (Å²) in [6, 6.07) is 0. The second kappa shape index (κ2) is 8.14. The average Bonchev–Trinajstić information content (AvgIpc) is 2.54. The van der Waals surface area contributed by atoms with E-state index in [1.54, 1.807) is 0 Å². The van der Waals surface area contributed by atoms with Crippen molar-refractivity contribution >= 4 is 5.91 Å². The molecule has 2 aliphatic rings. The number of hydrogen-bond acceptors (Lipinski definition) is 3. The molecule has 4 nitrogen and oxygen atoms in total. The highest BCUT2D eigenvalue weighted by molar-refractivity contribution is 5.83. The third-order valence-electron chi connectivity index (χ3n) is 5.31. The zero-order valence-corrected chi connectivity index (χ0v) is 13.7. The number of carbonyl (C=O) groups is 1. The van der Waals surface area contributed by atoms with Crippen LogP contribution in [0.1, 0.15) is 58.3 Å². The third kappa shape index (κ3) is 4.68. The van der Waals surface area contributed by atoms with Crippen molar-refractivity contribution in [2.75, 3.05) is 32.7 Å². The van der Waals surface area contributed by atoms with Crippen LogP contribution < -0.4 is 11.1 Å². The molecule has 1 aliphatic heterocycles. The van der Waals surface area contributed by atoms with Gasteiger partial charge in [-0.05, 0) is 44.7 Å². The van der Waals surface area contributed by atoms with E-state index in [-0.39, 0.29) is 11.3 Å². The van der Waals surface area contributed by atoms with E-state index in [1.807, 2.05) is 0 Å². The molecule has 0 bridgehead atoms. The van der Waals surface area contributed by atoms with Crippen molar-refractivity contribution in [3.8, 4) is 0 Å². The van der Waals surface area contributed by atoms with Gasteiger partial charge in [-0.25, -0.2) is 0 Å². The first kappa shape index (κ1) is 16.8. The summed E-state index contributed by atoms with van der Waals surface area (Å²) in [5.74, 6) is 0.723. The van der Waals surface area contributed by atoms with Gasteiger partial charge in [0, 0.05) is 19.6 Å². The summed E-state index contributed by atoms with van der Waals surface area (Å²) >= 11 is 0. The highest BCUT2D eigenvalue weighted by atomic mass is 16.2. The lowest BCUT2D eigenvalue weighted by Crippen LogP contribution is -2.48. The minimum absolute atomic E-state index is 0.204. The number of nitrogens with two attached hydrogens (primary N) is 1. The Bertz CT molecular complexity index is 320. The van der Waals surface area contributed by atoms with E-state index in [2.05, 4.69) is 17.1 Å². The predicted molar refractivity (Wildman–Crippen MR) is 87.0 cm³/mol. The van der Waals surface area contributed by atoms with Crippen LogP contribution in [0.15, 0.2) is 0 Å². The number of amides is 1. The van der Waals surface area contributed by atoms with Crippen LogP contribution in [0.25, 0.3) is 0 Å². The fourth-order valence-corrected chi connectivity index (χ4v) is 3.85. The molecule has 122 valence electrons. The van der Waals surface area contributed by atoms with Crippen LogP contribution in [0.5, 0.6) is 0 Å². The summed E-state index contributed by atoms with van der Waals surface area (Å²) in [5, 5.41) is 3.19. The Hall–Kier alpha value is -0.610. The molecule has 1 aliphatic carbocycles. The fourth-order valence-electron chi connectivity index (χ4n) is 3.85. The second-order valence-electron chi connectivity index (χ2n) is 7.22. The van der Waals surface area contributed by atoms with E-state index in [1.165, 1.54) is 38.8 Å². The smallest absolute Gasteiger partial charge is 0.227 e. The monoisotopic (exact) mass is 295 g/mol. The quantitative estimate of drug-likeness (QED) is 0.789. The fraction of sp³-hybridized carbons (Fsp3) is 0.941. The van der Waals surface area contributed by atoms with E-state index in [0.29, 0.717) is 12.5 Å². The summed E-state index contributed by atoms with van der Waals surface area (Å²) in [6.07, 6.45) is 9.51. The van der Waals surface area contributed by atoms with Gasteiger partial charge in [0.25, 0.3) is 0 Å². The van der Waals surface area contributed by atoms with Crippen LogP contribution in [0.2, 0.25) is 0 Å². The van der Waals surface area contributed by atoms with Crippen molar-refractivity contribution in [2.24, 2.45) is 17.1 Å². The van der Waals surface area contributed by atoms with E-state index in [0.717, 1.165) is 38.8 Å². The van der Waals surface area contributed by atoms with Crippen molar-refractivity contribution < 1.29 is 4.79 Å². The molecule has 0 aromatic rings. The molecule has 1 saturated heterocycles. The van der Waals surface area contributed by atoms with E-state index in [4.69, 9.17) is 5.73 Å². The third-order valence-corrected chi connectivity index (χ3v) is 5.31. The summed E-state index contributed by atoms with van der Waals surface area (Å²) in [5.41, 5.74) is 5.65. The zero-order valence-electron chi connectivity index (χ0n) is 13.7. The maximum Gasteiger partial charge on any atom is 0.227 e.